The minimum absolute atomic E-state index is 0.166. The topological polar surface area (TPSA) is 105 Å². The number of fused-ring (bicyclic) bond motifs is 2. The van der Waals surface area contributed by atoms with Crippen molar-refractivity contribution in [2.75, 3.05) is 26.8 Å². The highest BCUT2D eigenvalue weighted by Gasteiger charge is 2.24. The molecule has 0 radical (unpaired) electrons. The molecule has 0 amide bonds. The Labute approximate surface area is 248 Å². The maximum atomic E-state index is 12.2. The monoisotopic (exact) mass is 579 g/mol. The molecule has 2 aromatic carbocycles. The number of hydrogen-bond acceptors (Lipinski definition) is 9. The number of para-hydroxylation sites is 1. The van der Waals surface area contributed by atoms with Crippen LogP contribution in [0.5, 0.6) is 5.88 Å². The molecular weight excluding hydrogens is 546 g/mol. The van der Waals surface area contributed by atoms with Crippen molar-refractivity contribution in [2.45, 2.75) is 45.6 Å². The molecule has 10 heteroatoms. The molecule has 0 spiro atoms. The zero-order valence-corrected chi connectivity index (χ0v) is 24.3. The zero-order chi connectivity index (χ0) is 29.3. The molecule has 0 saturated carbocycles. The maximum absolute atomic E-state index is 12.2. The van der Waals surface area contributed by atoms with Gasteiger partial charge in [-0.3, -0.25) is 4.90 Å². The summed E-state index contributed by atoms with van der Waals surface area (Å²) in [5, 5.41) is 0. The third-order valence-electron chi connectivity index (χ3n) is 8.12. The van der Waals surface area contributed by atoms with Gasteiger partial charge >= 0.3 is 5.97 Å². The number of oxazole rings is 1. The highest BCUT2D eigenvalue weighted by molar-refractivity contribution is 5.93. The molecule has 2 aliphatic rings. The molecule has 10 nitrogen and oxygen atoms in total. The number of pyridine rings is 1. The number of methoxy groups -OCH3 is 1. The van der Waals surface area contributed by atoms with Gasteiger partial charge in [0.2, 0.25) is 5.88 Å². The molecule has 220 valence electrons. The summed E-state index contributed by atoms with van der Waals surface area (Å²) in [6.45, 7) is 6.06. The Bertz CT molecular complexity index is 1840. The van der Waals surface area contributed by atoms with Crippen molar-refractivity contribution in [1.82, 2.24) is 24.4 Å². The number of carbonyl (C=O) groups is 1. The van der Waals surface area contributed by atoms with Gasteiger partial charge in [0.05, 0.1) is 48.6 Å². The molecule has 5 heterocycles. The Morgan fingerprint density at radius 3 is 2.74 bits per heavy atom. The molecule has 3 aromatic heterocycles. The number of nitrogens with zero attached hydrogens (tertiary/aromatic N) is 5. The van der Waals surface area contributed by atoms with Crippen molar-refractivity contribution >= 4 is 33.7 Å². The fourth-order valence-electron chi connectivity index (χ4n) is 5.72. The summed E-state index contributed by atoms with van der Waals surface area (Å²) in [5.74, 6) is 1.83. The van der Waals surface area contributed by atoms with Gasteiger partial charge in [0.25, 0.3) is 0 Å². The van der Waals surface area contributed by atoms with E-state index >= 15 is 0 Å². The minimum Gasteiger partial charge on any atom is -0.473 e. The van der Waals surface area contributed by atoms with E-state index < -0.39 is 0 Å². The highest BCUT2D eigenvalue weighted by atomic mass is 16.5. The predicted molar refractivity (Wildman–Crippen MR) is 161 cm³/mol. The second-order valence-corrected chi connectivity index (χ2v) is 11.0. The van der Waals surface area contributed by atoms with Crippen molar-refractivity contribution in [3.63, 3.8) is 0 Å². The molecule has 0 N–H and O–H groups in total. The van der Waals surface area contributed by atoms with Gasteiger partial charge < -0.3 is 23.2 Å². The van der Waals surface area contributed by atoms with Crippen LogP contribution in [0, 0.1) is 6.92 Å². The molecule has 5 aromatic rings. The lowest BCUT2D eigenvalue weighted by atomic mass is 10.0. The van der Waals surface area contributed by atoms with Gasteiger partial charge in [0, 0.05) is 38.2 Å². The third-order valence-corrected chi connectivity index (χ3v) is 8.12. The van der Waals surface area contributed by atoms with E-state index in [1.807, 2.05) is 55.5 Å². The van der Waals surface area contributed by atoms with Crippen LogP contribution in [0.15, 0.2) is 65.1 Å². The lowest BCUT2D eigenvalue weighted by molar-refractivity contribution is -0.0591. The second-order valence-electron chi connectivity index (χ2n) is 11.0. The van der Waals surface area contributed by atoms with Gasteiger partial charge in [-0.1, -0.05) is 24.3 Å². The van der Waals surface area contributed by atoms with E-state index in [4.69, 9.17) is 28.6 Å². The summed E-state index contributed by atoms with van der Waals surface area (Å²) in [5.41, 5.74) is 6.97. The van der Waals surface area contributed by atoms with E-state index in [2.05, 4.69) is 20.5 Å². The smallest absolute Gasteiger partial charge is 0.337 e. The average molecular weight is 580 g/mol. The summed E-state index contributed by atoms with van der Waals surface area (Å²) >= 11 is 0. The van der Waals surface area contributed by atoms with E-state index in [1.165, 1.54) is 12.7 Å². The Kier molecular flexibility index (Phi) is 7.38. The van der Waals surface area contributed by atoms with Gasteiger partial charge in [-0.05, 0) is 48.7 Å². The molecular formula is C33H33N5O5. The summed E-state index contributed by atoms with van der Waals surface area (Å²) in [7, 11) is 1.40. The predicted octanol–water partition coefficient (Wildman–Crippen LogP) is 5.32. The van der Waals surface area contributed by atoms with Crippen molar-refractivity contribution in [1.29, 1.82) is 0 Å². The van der Waals surface area contributed by atoms with Crippen LogP contribution in [0.4, 0.5) is 0 Å². The Balaban J connectivity index is 1.05. The minimum atomic E-state index is -0.352. The van der Waals surface area contributed by atoms with Crippen LogP contribution < -0.4 is 4.74 Å². The SMILES string of the molecule is COC(=O)c1ccc2nc(CN3CC=C(c4cccc(OCc5cccc6nc(C)oc56)n4)CC3)n(C[C@@H]3CCO3)c2c1. The number of aromatic nitrogens is 4. The van der Waals surface area contributed by atoms with Crippen LogP contribution in [0.3, 0.4) is 0 Å². The molecule has 7 rings (SSSR count). The number of benzene rings is 2. The van der Waals surface area contributed by atoms with Gasteiger partial charge in [-0.2, -0.15) is 0 Å². The summed E-state index contributed by atoms with van der Waals surface area (Å²) in [6.07, 6.45) is 4.30. The Morgan fingerprint density at radius 1 is 1.07 bits per heavy atom. The van der Waals surface area contributed by atoms with E-state index in [1.54, 1.807) is 6.07 Å². The first-order valence-electron chi connectivity index (χ1n) is 14.6. The third kappa shape index (κ3) is 5.63. The van der Waals surface area contributed by atoms with Crippen molar-refractivity contribution in [2.24, 2.45) is 0 Å². The van der Waals surface area contributed by atoms with Crippen LogP contribution in [-0.2, 0) is 29.2 Å². The van der Waals surface area contributed by atoms with E-state index in [0.29, 0.717) is 37.0 Å². The number of hydrogen-bond donors (Lipinski definition) is 0. The van der Waals surface area contributed by atoms with Crippen LogP contribution in [-0.4, -0.2) is 63.3 Å². The maximum Gasteiger partial charge on any atom is 0.337 e. The lowest BCUT2D eigenvalue weighted by Crippen LogP contribution is -2.33. The Morgan fingerprint density at radius 2 is 1.95 bits per heavy atom. The van der Waals surface area contributed by atoms with Crippen LogP contribution in [0.1, 0.15) is 46.2 Å². The fraction of sp³-hybridized carbons (Fsp3) is 0.333. The fourth-order valence-corrected chi connectivity index (χ4v) is 5.72. The molecule has 1 atom stereocenters. The molecule has 43 heavy (non-hydrogen) atoms. The first kappa shape index (κ1) is 27.3. The number of rotatable bonds is 9. The van der Waals surface area contributed by atoms with E-state index in [0.717, 1.165) is 71.8 Å². The average Bonchev–Trinajstić information content (AvgIpc) is 3.56. The van der Waals surface area contributed by atoms with Crippen molar-refractivity contribution in [3.8, 4) is 5.88 Å². The van der Waals surface area contributed by atoms with E-state index in [-0.39, 0.29) is 12.1 Å². The van der Waals surface area contributed by atoms with Crippen molar-refractivity contribution < 1.29 is 23.4 Å². The summed E-state index contributed by atoms with van der Waals surface area (Å²) in [6, 6.07) is 17.3. The highest BCUT2D eigenvalue weighted by Crippen LogP contribution is 2.27. The molecule has 2 aliphatic heterocycles. The molecule has 0 unspecified atom stereocenters. The normalized spacial score (nSPS) is 17.2. The molecule has 0 aliphatic carbocycles. The lowest BCUT2D eigenvalue weighted by Gasteiger charge is -2.29. The number of ether oxygens (including phenoxy) is 3. The van der Waals surface area contributed by atoms with Crippen LogP contribution in [0.2, 0.25) is 0 Å². The molecule has 1 fully saturated rings. The van der Waals surface area contributed by atoms with Gasteiger partial charge in [0.15, 0.2) is 11.5 Å². The Hall–Kier alpha value is -4.54. The summed E-state index contributed by atoms with van der Waals surface area (Å²) < 4.78 is 24.7. The largest absolute Gasteiger partial charge is 0.473 e. The van der Waals surface area contributed by atoms with E-state index in [9.17, 15) is 4.79 Å². The number of esters is 1. The van der Waals surface area contributed by atoms with Gasteiger partial charge in [0.1, 0.15) is 17.9 Å². The second kappa shape index (κ2) is 11.6. The van der Waals surface area contributed by atoms with Gasteiger partial charge in [-0.25, -0.2) is 19.7 Å². The quantitative estimate of drug-likeness (QED) is 0.214. The standard InChI is InChI=1S/C33H33N5O5/c1-21-34-28-7-3-5-24(32(28)43-21)20-42-31-8-4-6-26(36-31)22-11-14-37(15-12-22)19-30-35-27-10-9-23(33(39)40-2)17-29(27)38(30)18-25-13-16-41-25/h3-11,17,25H,12-16,18-20H2,1-2H3/t25-/m0/s1. The van der Waals surface area contributed by atoms with Crippen LogP contribution >= 0.6 is 0 Å². The first-order valence-corrected chi connectivity index (χ1v) is 14.6. The summed E-state index contributed by atoms with van der Waals surface area (Å²) in [4.78, 5) is 28.7. The molecule has 0 bridgehead atoms. The van der Waals surface area contributed by atoms with Crippen molar-refractivity contribution in [3.05, 3.63) is 89.2 Å². The number of aryl methyl sites for hydroxylation is 1. The van der Waals surface area contributed by atoms with Crippen LogP contribution in [0.25, 0.3) is 27.7 Å². The number of carbonyl (C=O) groups excluding carboxylic acids is 1. The zero-order valence-electron chi connectivity index (χ0n) is 24.3. The van der Waals surface area contributed by atoms with Gasteiger partial charge in [-0.15, -0.1) is 0 Å². The number of imidazole rings is 1. The first-order chi connectivity index (χ1) is 21.0. The molecule has 1 saturated heterocycles.